The van der Waals surface area contributed by atoms with Crippen molar-refractivity contribution in [2.75, 3.05) is 0 Å². The van der Waals surface area contributed by atoms with E-state index in [2.05, 4.69) is 30.4 Å². The molecule has 0 amide bonds. The first-order valence-electron chi connectivity index (χ1n) is 6.21. The maximum atomic E-state index is 4.58. The van der Waals surface area contributed by atoms with Crippen molar-refractivity contribution in [2.24, 2.45) is 7.05 Å². The highest BCUT2D eigenvalue weighted by atomic mass is 32.1. The third-order valence-electron chi connectivity index (χ3n) is 3.25. The quantitative estimate of drug-likeness (QED) is 0.555. The summed E-state index contributed by atoms with van der Waals surface area (Å²) in [6, 6.07) is 0. The number of aromatic nitrogens is 8. The summed E-state index contributed by atoms with van der Waals surface area (Å²) < 4.78 is 3.51. The number of aryl methyl sites for hydroxylation is 1. The van der Waals surface area contributed by atoms with E-state index in [9.17, 15) is 0 Å². The van der Waals surface area contributed by atoms with Crippen LogP contribution in [0.15, 0.2) is 24.8 Å². The van der Waals surface area contributed by atoms with Gasteiger partial charge in [-0.3, -0.25) is 9.67 Å². The van der Waals surface area contributed by atoms with Crippen molar-refractivity contribution >= 4 is 16.3 Å². The van der Waals surface area contributed by atoms with Gasteiger partial charge in [-0.05, 0) is 6.92 Å². The maximum absolute atomic E-state index is 4.58. The van der Waals surface area contributed by atoms with Gasteiger partial charge in [-0.1, -0.05) is 11.3 Å². The van der Waals surface area contributed by atoms with E-state index in [1.54, 1.807) is 23.1 Å². The van der Waals surface area contributed by atoms with E-state index in [4.69, 9.17) is 0 Å². The van der Waals surface area contributed by atoms with E-state index >= 15 is 0 Å². The van der Waals surface area contributed by atoms with Crippen LogP contribution in [0.3, 0.4) is 0 Å². The van der Waals surface area contributed by atoms with Crippen LogP contribution in [0.5, 0.6) is 0 Å². The molecule has 0 aliphatic rings. The molecule has 0 aliphatic carbocycles. The Morgan fingerprint density at radius 1 is 1.14 bits per heavy atom. The van der Waals surface area contributed by atoms with Gasteiger partial charge >= 0.3 is 0 Å². The normalized spacial score (nSPS) is 11.3. The van der Waals surface area contributed by atoms with Crippen LogP contribution in [0, 0.1) is 6.92 Å². The van der Waals surface area contributed by atoms with Crippen LogP contribution in [0.25, 0.3) is 27.1 Å². The second-order valence-corrected chi connectivity index (χ2v) is 5.44. The van der Waals surface area contributed by atoms with Gasteiger partial charge in [-0.25, -0.2) is 4.98 Å². The van der Waals surface area contributed by atoms with Crippen LogP contribution < -0.4 is 0 Å². The summed E-state index contributed by atoms with van der Waals surface area (Å²) in [7, 11) is 1.91. The van der Waals surface area contributed by atoms with Gasteiger partial charge in [0.1, 0.15) is 5.69 Å². The summed E-state index contributed by atoms with van der Waals surface area (Å²) >= 11 is 1.47. The Balaban J connectivity index is 1.89. The zero-order valence-corrected chi connectivity index (χ0v) is 12.1. The van der Waals surface area contributed by atoms with Gasteiger partial charge in [0.05, 0.1) is 18.0 Å². The molecular weight excluding hydrogens is 288 g/mol. The lowest BCUT2D eigenvalue weighted by Crippen LogP contribution is -1.94. The first-order chi connectivity index (χ1) is 10.2. The SMILES string of the molecule is Cc1c(-c2nn3c(-c4cnccn4)nnc3s2)cnn1C. The maximum Gasteiger partial charge on any atom is 0.235 e. The highest BCUT2D eigenvalue weighted by Crippen LogP contribution is 2.28. The lowest BCUT2D eigenvalue weighted by Gasteiger charge is -1.95. The Hall–Kier alpha value is -2.68. The molecule has 0 unspecified atom stereocenters. The van der Waals surface area contributed by atoms with Crippen LogP contribution >= 0.6 is 11.3 Å². The Bertz CT molecular complexity index is 919. The molecule has 21 heavy (non-hydrogen) atoms. The molecule has 0 aromatic carbocycles. The molecule has 0 saturated carbocycles. The van der Waals surface area contributed by atoms with Crippen molar-refractivity contribution in [3.05, 3.63) is 30.5 Å². The molecule has 0 atom stereocenters. The van der Waals surface area contributed by atoms with Crippen molar-refractivity contribution in [2.45, 2.75) is 6.92 Å². The van der Waals surface area contributed by atoms with Crippen molar-refractivity contribution in [3.63, 3.8) is 0 Å². The standard InChI is InChI=1S/C12H10N8S/c1-7-8(5-15-19(7)2)11-18-20-10(16-17-12(20)21-11)9-6-13-3-4-14-9/h3-6H,1-2H3. The Labute approximate surface area is 123 Å². The number of rotatable bonds is 2. The molecule has 0 fully saturated rings. The molecule has 0 N–H and O–H groups in total. The molecule has 4 heterocycles. The minimum atomic E-state index is 0.585. The first kappa shape index (κ1) is 12.1. The fourth-order valence-electron chi connectivity index (χ4n) is 2.01. The third-order valence-corrected chi connectivity index (χ3v) is 4.18. The molecule has 9 heteroatoms. The van der Waals surface area contributed by atoms with E-state index in [1.807, 2.05) is 24.9 Å². The van der Waals surface area contributed by atoms with E-state index in [0.717, 1.165) is 16.3 Å². The summed E-state index contributed by atoms with van der Waals surface area (Å²) in [4.78, 5) is 9.00. The third kappa shape index (κ3) is 1.82. The van der Waals surface area contributed by atoms with Crippen LogP contribution in [-0.4, -0.2) is 39.6 Å². The molecule has 4 aromatic rings. The second kappa shape index (κ2) is 4.42. The molecule has 0 radical (unpaired) electrons. The molecule has 4 aromatic heterocycles. The smallest absolute Gasteiger partial charge is 0.235 e. The summed E-state index contributed by atoms with van der Waals surface area (Å²) in [6.07, 6.45) is 6.69. The van der Waals surface area contributed by atoms with Gasteiger partial charge in [-0.15, -0.1) is 10.2 Å². The summed E-state index contributed by atoms with van der Waals surface area (Å²) in [5.41, 5.74) is 2.70. The fraction of sp³-hybridized carbons (Fsp3) is 0.167. The van der Waals surface area contributed by atoms with Crippen molar-refractivity contribution in [1.29, 1.82) is 0 Å². The highest BCUT2D eigenvalue weighted by Gasteiger charge is 2.17. The summed E-state index contributed by atoms with van der Waals surface area (Å²) in [5, 5.41) is 18.0. The molecule has 0 aliphatic heterocycles. The topological polar surface area (TPSA) is 86.7 Å². The van der Waals surface area contributed by atoms with Gasteiger partial charge in [0.2, 0.25) is 10.8 Å². The lowest BCUT2D eigenvalue weighted by molar-refractivity contribution is 0.740. The average molecular weight is 298 g/mol. The minimum absolute atomic E-state index is 0.585. The van der Waals surface area contributed by atoms with Gasteiger partial charge in [0, 0.05) is 25.1 Å². The molecule has 0 spiro atoms. The predicted octanol–water partition coefficient (Wildman–Crippen LogP) is 1.35. The fourth-order valence-corrected chi connectivity index (χ4v) is 2.91. The second-order valence-electron chi connectivity index (χ2n) is 4.48. The van der Waals surface area contributed by atoms with Crippen molar-refractivity contribution in [3.8, 4) is 22.1 Å². The predicted molar refractivity (Wildman–Crippen MR) is 76.6 cm³/mol. The largest absolute Gasteiger partial charge is 0.272 e. The monoisotopic (exact) mass is 298 g/mol. The van der Waals surface area contributed by atoms with E-state index in [1.165, 1.54) is 11.3 Å². The zero-order valence-electron chi connectivity index (χ0n) is 11.3. The lowest BCUT2D eigenvalue weighted by atomic mass is 10.3. The Morgan fingerprint density at radius 3 is 2.76 bits per heavy atom. The molecule has 4 rings (SSSR count). The molecule has 8 nitrogen and oxygen atoms in total. The van der Waals surface area contributed by atoms with E-state index < -0.39 is 0 Å². The Kier molecular flexibility index (Phi) is 2.54. The average Bonchev–Trinajstić information content (AvgIpc) is 3.15. The molecule has 104 valence electrons. The number of fused-ring (bicyclic) bond motifs is 1. The van der Waals surface area contributed by atoms with Crippen molar-refractivity contribution < 1.29 is 0 Å². The van der Waals surface area contributed by atoms with Gasteiger partial charge in [0.25, 0.3) is 0 Å². The van der Waals surface area contributed by atoms with Crippen LogP contribution in [0.4, 0.5) is 0 Å². The van der Waals surface area contributed by atoms with Crippen LogP contribution in [0.1, 0.15) is 5.69 Å². The first-order valence-corrected chi connectivity index (χ1v) is 7.03. The van der Waals surface area contributed by atoms with E-state index in [-0.39, 0.29) is 0 Å². The van der Waals surface area contributed by atoms with Gasteiger partial charge < -0.3 is 0 Å². The van der Waals surface area contributed by atoms with Crippen LogP contribution in [-0.2, 0) is 7.05 Å². The summed E-state index contributed by atoms with van der Waals surface area (Å²) in [5.74, 6) is 0.585. The highest BCUT2D eigenvalue weighted by molar-refractivity contribution is 7.19. The Morgan fingerprint density at radius 2 is 2.05 bits per heavy atom. The number of nitrogens with zero attached hydrogens (tertiary/aromatic N) is 8. The van der Waals surface area contributed by atoms with Crippen LogP contribution in [0.2, 0.25) is 0 Å². The minimum Gasteiger partial charge on any atom is -0.272 e. The summed E-state index contributed by atoms with van der Waals surface area (Å²) in [6.45, 7) is 2.01. The molecule has 0 bridgehead atoms. The number of hydrogen-bond donors (Lipinski definition) is 0. The van der Waals surface area contributed by atoms with Gasteiger partial charge in [0.15, 0.2) is 5.01 Å². The van der Waals surface area contributed by atoms with Gasteiger partial charge in [-0.2, -0.15) is 14.7 Å². The molecular formula is C12H10N8S. The van der Waals surface area contributed by atoms with E-state index in [0.29, 0.717) is 16.5 Å². The zero-order chi connectivity index (χ0) is 14.4. The molecule has 0 saturated heterocycles. The number of hydrogen-bond acceptors (Lipinski definition) is 7. The van der Waals surface area contributed by atoms with Crippen molar-refractivity contribution in [1.82, 2.24) is 39.6 Å².